The van der Waals surface area contributed by atoms with Crippen molar-refractivity contribution in [1.29, 1.82) is 0 Å². The number of carbonyl (C=O) groups excluding carboxylic acids is 1. The molecule has 0 saturated carbocycles. The van der Waals surface area contributed by atoms with E-state index in [1.807, 2.05) is 6.92 Å². The summed E-state index contributed by atoms with van der Waals surface area (Å²) in [5, 5.41) is 9.47. The standard InChI is InChI=1S/C16H20N4O4S/c1-2-13-5-3-4-10-20(13)25(22,23)14-8-6-12(7-9-14)15(21)18-16-19-17-11-24-16/h6-9,11,13H,2-5,10H2,1H3,(H,18,19,21). The lowest BCUT2D eigenvalue weighted by atomic mass is 10.0. The van der Waals surface area contributed by atoms with Crippen LogP contribution in [0.5, 0.6) is 0 Å². The Hall–Kier alpha value is -2.26. The fourth-order valence-corrected chi connectivity index (χ4v) is 4.78. The molecule has 1 amide bonds. The first kappa shape index (κ1) is 17.6. The smallest absolute Gasteiger partial charge is 0.322 e. The second-order valence-corrected chi connectivity index (χ2v) is 7.79. The highest BCUT2D eigenvalue weighted by Crippen LogP contribution is 2.27. The number of hydrogen-bond donors (Lipinski definition) is 1. The van der Waals surface area contributed by atoms with Crippen molar-refractivity contribution in [3.63, 3.8) is 0 Å². The van der Waals surface area contributed by atoms with E-state index in [1.54, 1.807) is 4.31 Å². The summed E-state index contributed by atoms with van der Waals surface area (Å²) in [5.74, 6) is -0.447. The Morgan fingerprint density at radius 3 is 2.72 bits per heavy atom. The quantitative estimate of drug-likeness (QED) is 0.872. The Kier molecular flexibility index (Phi) is 5.14. The number of rotatable bonds is 5. The lowest BCUT2D eigenvalue weighted by Crippen LogP contribution is -2.43. The molecule has 1 aliphatic heterocycles. The molecule has 0 aliphatic carbocycles. The molecule has 1 aromatic carbocycles. The topological polar surface area (TPSA) is 105 Å². The monoisotopic (exact) mass is 364 g/mol. The SMILES string of the molecule is CCC1CCCCN1S(=O)(=O)c1ccc(C(=O)Nc2nnco2)cc1. The molecule has 1 N–H and O–H groups in total. The van der Waals surface area contributed by atoms with E-state index in [9.17, 15) is 13.2 Å². The molecule has 1 aromatic heterocycles. The summed E-state index contributed by atoms with van der Waals surface area (Å²) < 4.78 is 32.2. The summed E-state index contributed by atoms with van der Waals surface area (Å²) in [6.07, 6.45) is 4.72. The van der Waals surface area contributed by atoms with Gasteiger partial charge in [0, 0.05) is 18.2 Å². The fourth-order valence-electron chi connectivity index (χ4n) is 3.01. The number of carbonyl (C=O) groups is 1. The molecule has 134 valence electrons. The van der Waals surface area contributed by atoms with Crippen LogP contribution < -0.4 is 5.32 Å². The zero-order chi connectivity index (χ0) is 17.9. The van der Waals surface area contributed by atoms with Gasteiger partial charge in [0.1, 0.15) is 0 Å². The molecule has 9 heteroatoms. The highest BCUT2D eigenvalue weighted by atomic mass is 32.2. The number of nitrogens with zero attached hydrogens (tertiary/aromatic N) is 3. The van der Waals surface area contributed by atoms with E-state index in [2.05, 4.69) is 15.5 Å². The third-order valence-electron chi connectivity index (χ3n) is 4.35. The Morgan fingerprint density at radius 2 is 2.08 bits per heavy atom. The summed E-state index contributed by atoms with van der Waals surface area (Å²) in [6, 6.07) is 5.89. The average Bonchev–Trinajstić information content (AvgIpc) is 3.14. The molecular weight excluding hydrogens is 344 g/mol. The van der Waals surface area contributed by atoms with Gasteiger partial charge in [-0.05, 0) is 43.5 Å². The number of aromatic nitrogens is 2. The van der Waals surface area contributed by atoms with Gasteiger partial charge in [-0.1, -0.05) is 18.4 Å². The molecule has 1 atom stereocenters. The van der Waals surface area contributed by atoms with Gasteiger partial charge in [0.05, 0.1) is 4.90 Å². The van der Waals surface area contributed by atoms with Crippen LogP contribution in [-0.2, 0) is 10.0 Å². The first-order valence-corrected chi connectivity index (χ1v) is 9.66. The van der Waals surface area contributed by atoms with E-state index in [0.29, 0.717) is 12.1 Å². The van der Waals surface area contributed by atoms with Crippen LogP contribution >= 0.6 is 0 Å². The molecular formula is C16H20N4O4S. The van der Waals surface area contributed by atoms with Gasteiger partial charge in [0.15, 0.2) is 0 Å². The lowest BCUT2D eigenvalue weighted by molar-refractivity contribution is 0.102. The predicted octanol–water partition coefficient (Wildman–Crippen LogP) is 2.28. The molecule has 2 heterocycles. The fraction of sp³-hybridized carbons (Fsp3) is 0.438. The van der Waals surface area contributed by atoms with Gasteiger partial charge in [-0.15, -0.1) is 5.10 Å². The maximum absolute atomic E-state index is 12.9. The maximum atomic E-state index is 12.9. The van der Waals surface area contributed by atoms with Crippen molar-refractivity contribution < 1.29 is 17.6 Å². The number of amides is 1. The van der Waals surface area contributed by atoms with Crippen molar-refractivity contribution in [2.75, 3.05) is 11.9 Å². The van der Waals surface area contributed by atoms with E-state index < -0.39 is 15.9 Å². The van der Waals surface area contributed by atoms with E-state index in [1.165, 1.54) is 24.3 Å². The Morgan fingerprint density at radius 1 is 1.32 bits per heavy atom. The molecule has 8 nitrogen and oxygen atoms in total. The van der Waals surface area contributed by atoms with Crippen LogP contribution in [0.25, 0.3) is 0 Å². The van der Waals surface area contributed by atoms with E-state index in [-0.39, 0.29) is 17.0 Å². The summed E-state index contributed by atoms with van der Waals surface area (Å²) in [5.41, 5.74) is 0.308. The van der Waals surface area contributed by atoms with Gasteiger partial charge in [-0.3, -0.25) is 10.1 Å². The molecule has 3 rings (SSSR count). The Bertz CT molecular complexity index is 818. The summed E-state index contributed by atoms with van der Waals surface area (Å²) >= 11 is 0. The normalized spacial score (nSPS) is 18.8. The van der Waals surface area contributed by atoms with Crippen LogP contribution in [0.3, 0.4) is 0 Å². The minimum Gasteiger partial charge on any atom is -0.411 e. The molecule has 1 unspecified atom stereocenters. The van der Waals surface area contributed by atoms with Crippen LogP contribution in [0, 0.1) is 0 Å². The Labute approximate surface area is 146 Å². The maximum Gasteiger partial charge on any atom is 0.322 e. The lowest BCUT2D eigenvalue weighted by Gasteiger charge is -2.34. The van der Waals surface area contributed by atoms with Gasteiger partial charge >= 0.3 is 6.01 Å². The Balaban J connectivity index is 1.77. The van der Waals surface area contributed by atoms with Gasteiger partial charge in [-0.2, -0.15) is 4.31 Å². The van der Waals surface area contributed by atoms with E-state index >= 15 is 0 Å². The number of sulfonamides is 1. The molecule has 1 aliphatic rings. The highest BCUT2D eigenvalue weighted by Gasteiger charge is 2.32. The van der Waals surface area contributed by atoms with Crippen molar-refractivity contribution in [1.82, 2.24) is 14.5 Å². The molecule has 0 radical (unpaired) electrons. The minimum absolute atomic E-state index is 0.0131. The van der Waals surface area contributed by atoms with Crippen LogP contribution in [0.1, 0.15) is 43.0 Å². The third-order valence-corrected chi connectivity index (χ3v) is 6.31. The first-order chi connectivity index (χ1) is 12.0. The molecule has 1 fully saturated rings. The van der Waals surface area contributed by atoms with Crippen LogP contribution in [-0.4, -0.2) is 41.4 Å². The molecule has 0 bridgehead atoms. The number of hydrogen-bond acceptors (Lipinski definition) is 6. The molecule has 25 heavy (non-hydrogen) atoms. The second kappa shape index (κ2) is 7.32. The van der Waals surface area contributed by atoms with E-state index in [0.717, 1.165) is 32.1 Å². The highest BCUT2D eigenvalue weighted by molar-refractivity contribution is 7.89. The van der Waals surface area contributed by atoms with Crippen molar-refractivity contribution in [3.8, 4) is 0 Å². The zero-order valence-electron chi connectivity index (χ0n) is 13.9. The van der Waals surface area contributed by atoms with Gasteiger partial charge in [0.2, 0.25) is 16.4 Å². The average molecular weight is 364 g/mol. The van der Waals surface area contributed by atoms with Gasteiger partial charge in [0.25, 0.3) is 5.91 Å². The number of nitrogens with one attached hydrogen (secondary N) is 1. The summed E-state index contributed by atoms with van der Waals surface area (Å²) in [4.78, 5) is 12.3. The number of anilines is 1. The third kappa shape index (κ3) is 3.72. The first-order valence-electron chi connectivity index (χ1n) is 8.22. The number of piperidine rings is 1. The summed E-state index contributed by atoms with van der Waals surface area (Å²) in [6.45, 7) is 2.55. The van der Waals surface area contributed by atoms with Crippen molar-refractivity contribution in [2.45, 2.75) is 43.5 Å². The van der Waals surface area contributed by atoms with Gasteiger partial charge < -0.3 is 4.42 Å². The van der Waals surface area contributed by atoms with Crippen molar-refractivity contribution in [2.24, 2.45) is 0 Å². The molecule has 0 spiro atoms. The van der Waals surface area contributed by atoms with Crippen LogP contribution in [0.2, 0.25) is 0 Å². The van der Waals surface area contributed by atoms with E-state index in [4.69, 9.17) is 4.42 Å². The van der Waals surface area contributed by atoms with Crippen LogP contribution in [0.4, 0.5) is 6.01 Å². The van der Waals surface area contributed by atoms with Crippen LogP contribution in [0.15, 0.2) is 40.0 Å². The largest absolute Gasteiger partial charge is 0.411 e. The zero-order valence-corrected chi connectivity index (χ0v) is 14.7. The summed E-state index contributed by atoms with van der Waals surface area (Å²) in [7, 11) is -3.55. The molecule has 2 aromatic rings. The molecule has 1 saturated heterocycles. The second-order valence-electron chi connectivity index (χ2n) is 5.90. The van der Waals surface area contributed by atoms with Crippen molar-refractivity contribution >= 4 is 21.9 Å². The predicted molar refractivity (Wildman–Crippen MR) is 90.5 cm³/mol. The van der Waals surface area contributed by atoms with Gasteiger partial charge in [-0.25, -0.2) is 8.42 Å². The minimum atomic E-state index is -3.55. The number of benzene rings is 1. The van der Waals surface area contributed by atoms with Crippen molar-refractivity contribution in [3.05, 3.63) is 36.2 Å².